The molecular weight excluding hydrogens is 299 g/mol. The Balaban J connectivity index is 2.45. The smallest absolute Gasteiger partial charge is 0.421 e. The van der Waals surface area contributed by atoms with Crippen molar-refractivity contribution in [1.82, 2.24) is 4.57 Å². The summed E-state index contributed by atoms with van der Waals surface area (Å²) in [6.45, 7) is -0.0758. The predicted octanol–water partition coefficient (Wildman–Crippen LogP) is 2.74. The molecule has 0 saturated heterocycles. The molecule has 0 unspecified atom stereocenters. The van der Waals surface area contributed by atoms with Gasteiger partial charge >= 0.3 is 6.18 Å². The molecule has 0 spiro atoms. The van der Waals surface area contributed by atoms with Crippen LogP contribution in [-0.2, 0) is 12.7 Å². The number of benzene rings is 1. The summed E-state index contributed by atoms with van der Waals surface area (Å²) in [5.41, 5.74) is -2.14. The number of pyridine rings is 1. The third-order valence-electron chi connectivity index (χ3n) is 3.06. The molecule has 1 aromatic carbocycles. The van der Waals surface area contributed by atoms with E-state index in [0.717, 1.165) is 10.8 Å². The number of ether oxygens (including phenoxy) is 1. The first-order valence-corrected chi connectivity index (χ1v) is 6.25. The van der Waals surface area contributed by atoms with Crippen molar-refractivity contribution in [1.29, 1.82) is 0 Å². The van der Waals surface area contributed by atoms with Crippen molar-refractivity contribution in [2.75, 3.05) is 7.11 Å². The van der Waals surface area contributed by atoms with E-state index in [1.165, 1.54) is 7.11 Å². The zero-order valence-corrected chi connectivity index (χ0v) is 11.6. The average Bonchev–Trinajstić information content (AvgIpc) is 2.49. The number of aldehydes is 1. The fraction of sp³-hybridized carbons (Fsp3) is 0.200. The minimum absolute atomic E-state index is 0.0758. The molecule has 4 nitrogen and oxygen atoms in total. The Labute approximate surface area is 123 Å². The van der Waals surface area contributed by atoms with Gasteiger partial charge < -0.3 is 9.30 Å². The lowest BCUT2D eigenvalue weighted by molar-refractivity contribution is -0.138. The number of rotatable bonds is 4. The topological polar surface area (TPSA) is 48.3 Å². The Bertz CT molecular complexity index is 733. The van der Waals surface area contributed by atoms with Gasteiger partial charge in [0.15, 0.2) is 6.29 Å². The van der Waals surface area contributed by atoms with E-state index in [2.05, 4.69) is 0 Å². The van der Waals surface area contributed by atoms with Gasteiger partial charge in [-0.3, -0.25) is 9.59 Å². The normalized spacial score (nSPS) is 11.3. The summed E-state index contributed by atoms with van der Waals surface area (Å²) in [6.07, 6.45) is -3.42. The second-order valence-corrected chi connectivity index (χ2v) is 4.58. The van der Waals surface area contributed by atoms with Gasteiger partial charge in [0.2, 0.25) is 0 Å². The molecule has 0 aliphatic heterocycles. The Morgan fingerprint density at radius 2 is 1.86 bits per heavy atom. The monoisotopic (exact) mass is 311 g/mol. The molecule has 0 atom stereocenters. The molecule has 0 radical (unpaired) electrons. The Morgan fingerprint density at radius 3 is 2.36 bits per heavy atom. The number of alkyl halides is 3. The molecule has 1 heterocycles. The molecule has 1 aromatic heterocycles. The minimum atomic E-state index is -4.81. The maximum absolute atomic E-state index is 12.8. The minimum Gasteiger partial charge on any atom is -0.497 e. The van der Waals surface area contributed by atoms with Crippen LogP contribution in [0.2, 0.25) is 0 Å². The van der Waals surface area contributed by atoms with Crippen molar-refractivity contribution < 1.29 is 22.7 Å². The first kappa shape index (κ1) is 15.8. The zero-order chi connectivity index (χ0) is 16.3. The standard InChI is InChI=1S/C15H12F3NO3/c1-22-12-4-2-10(3-5-12)7-19-8-11(9-20)6-13(14(19)21)15(16,17)18/h2-6,8-9H,7H2,1H3. The zero-order valence-electron chi connectivity index (χ0n) is 11.6. The van der Waals surface area contributed by atoms with Crippen LogP contribution >= 0.6 is 0 Å². The summed E-state index contributed by atoms with van der Waals surface area (Å²) in [6, 6.07) is 7.08. The Morgan fingerprint density at radius 1 is 1.23 bits per heavy atom. The number of aromatic nitrogens is 1. The van der Waals surface area contributed by atoms with Crippen LogP contribution in [0.5, 0.6) is 5.75 Å². The van der Waals surface area contributed by atoms with Crippen molar-refractivity contribution >= 4 is 6.29 Å². The van der Waals surface area contributed by atoms with Gasteiger partial charge in [-0.25, -0.2) is 0 Å². The molecule has 22 heavy (non-hydrogen) atoms. The van der Waals surface area contributed by atoms with Crippen LogP contribution in [0.4, 0.5) is 13.2 Å². The van der Waals surface area contributed by atoms with Crippen molar-refractivity contribution in [2.24, 2.45) is 0 Å². The molecule has 0 saturated carbocycles. The van der Waals surface area contributed by atoms with Crippen molar-refractivity contribution in [3.05, 3.63) is 63.6 Å². The van der Waals surface area contributed by atoms with E-state index in [1.807, 2.05) is 0 Å². The predicted molar refractivity (Wildman–Crippen MR) is 73.2 cm³/mol. The van der Waals surface area contributed by atoms with E-state index in [0.29, 0.717) is 17.4 Å². The van der Waals surface area contributed by atoms with E-state index >= 15 is 0 Å². The number of carbonyl (C=O) groups is 1. The van der Waals surface area contributed by atoms with Crippen LogP contribution in [-0.4, -0.2) is 18.0 Å². The lowest BCUT2D eigenvalue weighted by Crippen LogP contribution is -2.29. The fourth-order valence-electron chi connectivity index (χ4n) is 1.97. The number of hydrogen-bond donors (Lipinski definition) is 0. The first-order valence-electron chi connectivity index (χ1n) is 6.25. The molecule has 7 heteroatoms. The summed E-state index contributed by atoms with van der Waals surface area (Å²) < 4.78 is 44.4. The Hall–Kier alpha value is -2.57. The lowest BCUT2D eigenvalue weighted by atomic mass is 10.1. The molecule has 0 bridgehead atoms. The summed E-state index contributed by atoms with van der Waals surface area (Å²) in [5.74, 6) is 0.591. The van der Waals surface area contributed by atoms with Crippen LogP contribution in [0.25, 0.3) is 0 Å². The SMILES string of the molecule is COc1ccc(Cn2cc(C=O)cc(C(F)(F)F)c2=O)cc1. The highest BCUT2D eigenvalue weighted by Gasteiger charge is 2.35. The van der Waals surface area contributed by atoms with Crippen molar-refractivity contribution in [2.45, 2.75) is 12.7 Å². The van der Waals surface area contributed by atoms with Crippen molar-refractivity contribution in [3.63, 3.8) is 0 Å². The molecule has 0 amide bonds. The molecule has 0 fully saturated rings. The molecule has 2 rings (SSSR count). The molecule has 0 N–H and O–H groups in total. The summed E-state index contributed by atoms with van der Waals surface area (Å²) >= 11 is 0. The van der Waals surface area contributed by atoms with Gasteiger partial charge in [0.25, 0.3) is 5.56 Å². The third kappa shape index (κ3) is 3.36. The number of hydrogen-bond acceptors (Lipinski definition) is 3. The van der Waals surface area contributed by atoms with Gasteiger partial charge in [-0.05, 0) is 23.8 Å². The van der Waals surface area contributed by atoms with Crippen molar-refractivity contribution in [3.8, 4) is 5.75 Å². The Kier molecular flexibility index (Phi) is 4.35. The highest BCUT2D eigenvalue weighted by atomic mass is 19.4. The van der Waals surface area contributed by atoms with Gasteiger partial charge in [-0.1, -0.05) is 12.1 Å². The highest BCUT2D eigenvalue weighted by molar-refractivity contribution is 5.74. The quantitative estimate of drug-likeness (QED) is 0.816. The van der Waals surface area contributed by atoms with E-state index in [4.69, 9.17) is 4.74 Å². The maximum Gasteiger partial charge on any atom is 0.421 e. The van der Waals surface area contributed by atoms with E-state index < -0.39 is 17.3 Å². The maximum atomic E-state index is 12.8. The third-order valence-corrected chi connectivity index (χ3v) is 3.06. The number of methoxy groups -OCH3 is 1. The summed E-state index contributed by atoms with van der Waals surface area (Å²) in [5, 5.41) is 0. The largest absolute Gasteiger partial charge is 0.497 e. The number of nitrogens with zero attached hydrogens (tertiary/aromatic N) is 1. The van der Waals surface area contributed by atoms with Crippen LogP contribution < -0.4 is 10.3 Å². The molecular formula is C15H12F3NO3. The van der Waals surface area contributed by atoms with Gasteiger partial charge in [-0.2, -0.15) is 13.2 Å². The van der Waals surface area contributed by atoms with Gasteiger partial charge in [0, 0.05) is 11.8 Å². The van der Waals surface area contributed by atoms with Gasteiger partial charge in [-0.15, -0.1) is 0 Å². The molecule has 0 aliphatic rings. The van der Waals surface area contributed by atoms with Crippen LogP contribution in [0.15, 0.2) is 41.3 Å². The van der Waals surface area contributed by atoms with Crippen LogP contribution in [0, 0.1) is 0 Å². The van der Waals surface area contributed by atoms with Gasteiger partial charge in [0.1, 0.15) is 11.3 Å². The fourth-order valence-corrected chi connectivity index (χ4v) is 1.97. The second kappa shape index (κ2) is 6.05. The lowest BCUT2D eigenvalue weighted by Gasteiger charge is -2.12. The molecule has 0 aliphatic carbocycles. The average molecular weight is 311 g/mol. The second-order valence-electron chi connectivity index (χ2n) is 4.58. The van der Waals surface area contributed by atoms with E-state index in [1.54, 1.807) is 24.3 Å². The summed E-state index contributed by atoms with van der Waals surface area (Å²) in [4.78, 5) is 22.7. The van der Waals surface area contributed by atoms with Crippen LogP contribution in [0.1, 0.15) is 21.5 Å². The molecule has 116 valence electrons. The number of carbonyl (C=O) groups excluding carboxylic acids is 1. The van der Waals surface area contributed by atoms with Gasteiger partial charge in [0.05, 0.1) is 13.7 Å². The van der Waals surface area contributed by atoms with E-state index in [-0.39, 0.29) is 18.4 Å². The molecule has 2 aromatic rings. The highest BCUT2D eigenvalue weighted by Crippen LogP contribution is 2.27. The number of halogens is 3. The first-order chi connectivity index (χ1) is 10.3. The van der Waals surface area contributed by atoms with E-state index in [9.17, 15) is 22.8 Å². The summed E-state index contributed by atoms with van der Waals surface area (Å²) in [7, 11) is 1.49. The van der Waals surface area contributed by atoms with Crippen LogP contribution in [0.3, 0.4) is 0 Å².